The van der Waals surface area contributed by atoms with Crippen molar-refractivity contribution in [3.8, 4) is 0 Å². The van der Waals surface area contributed by atoms with Crippen molar-refractivity contribution >= 4 is 53.0 Å². The minimum absolute atomic E-state index is 0.246. The van der Waals surface area contributed by atoms with Crippen LogP contribution < -0.4 is 0 Å². The number of rotatable bonds is 10. The van der Waals surface area contributed by atoms with Crippen molar-refractivity contribution in [2.45, 2.75) is 67.5 Å². The second-order valence-electron chi connectivity index (χ2n) is 5.60. The van der Waals surface area contributed by atoms with Gasteiger partial charge in [-0.05, 0) is 5.21 Å². The highest BCUT2D eigenvalue weighted by Crippen LogP contribution is 2.58. The molecule has 0 aromatic heterocycles. The number of hydrogen-bond acceptors (Lipinski definition) is 1. The lowest BCUT2D eigenvalue weighted by Crippen LogP contribution is -2.47. The molecule has 0 rings (SSSR count). The van der Waals surface area contributed by atoms with Gasteiger partial charge >= 0.3 is 0 Å². The fourth-order valence-corrected chi connectivity index (χ4v) is 1.97. The average molecular weight is 259 g/mol. The second kappa shape index (κ2) is 7.75. The van der Waals surface area contributed by atoms with Crippen LogP contribution >= 0.6 is 0 Å². The van der Waals surface area contributed by atoms with E-state index in [4.69, 9.17) is 52.2 Å². The zero-order valence-electron chi connectivity index (χ0n) is 12.3. The summed E-state index contributed by atoms with van der Waals surface area (Å²) in [7, 11) is 34.1. The molecule has 12 radical (unpaired) electrons. The monoisotopic (exact) mass is 260 g/mol. The molecule has 20 heavy (non-hydrogen) atoms. The Hall–Kier alpha value is -0.140. The number of hydrogen-bond donors (Lipinski definition) is 1. The van der Waals surface area contributed by atoms with Crippen LogP contribution in [0.25, 0.3) is 0 Å². The van der Waals surface area contributed by atoms with E-state index in [9.17, 15) is 4.79 Å². The summed E-state index contributed by atoms with van der Waals surface area (Å²) in [6.45, 7) is 2.13. The van der Waals surface area contributed by atoms with Crippen molar-refractivity contribution < 1.29 is 9.90 Å². The number of carbonyl (C=O) groups is 1. The van der Waals surface area contributed by atoms with Gasteiger partial charge in [-0.25, -0.2) is 0 Å². The van der Waals surface area contributed by atoms with Gasteiger partial charge in [0.2, 0.25) is 0 Å². The molecule has 96 valence electrons. The molecule has 0 aliphatic rings. The normalized spacial score (nSPS) is 13.2. The molecule has 2 nitrogen and oxygen atoms in total. The first-order valence-corrected chi connectivity index (χ1v) is 6.97. The Balaban J connectivity index is 4.51. The Labute approximate surface area is 131 Å². The van der Waals surface area contributed by atoms with Gasteiger partial charge in [-0.1, -0.05) is 51.9 Å². The van der Waals surface area contributed by atoms with E-state index >= 15 is 0 Å². The summed E-state index contributed by atoms with van der Waals surface area (Å²) in [5, 5.41) is 2.79. The van der Waals surface area contributed by atoms with Crippen LogP contribution in [0, 0.1) is 0 Å². The third-order valence-electron chi connectivity index (χ3n) is 3.75. The molecule has 0 aromatic rings. The van der Waals surface area contributed by atoms with Crippen molar-refractivity contribution in [2.24, 2.45) is 0 Å². The Morgan fingerprint density at radius 3 is 1.80 bits per heavy atom. The van der Waals surface area contributed by atoms with Gasteiger partial charge in [-0.3, -0.25) is 4.79 Å². The Bertz CT molecular complexity index is 317. The van der Waals surface area contributed by atoms with E-state index in [0.717, 1.165) is 25.7 Å². The number of aliphatic carboxylic acids is 1. The molecule has 0 bridgehead atoms. The molecule has 0 saturated carbocycles. The maximum absolute atomic E-state index is 11.0. The second-order valence-corrected chi connectivity index (χ2v) is 5.60. The summed E-state index contributed by atoms with van der Waals surface area (Å²) >= 11 is 0. The quantitative estimate of drug-likeness (QED) is 0.472. The fraction of sp³-hybridized carbons (Fsp3) is 0.917. The summed E-state index contributed by atoms with van der Waals surface area (Å²) < 4.78 is 0. The summed E-state index contributed by atoms with van der Waals surface area (Å²) in [6, 6.07) is 0. The lowest BCUT2D eigenvalue weighted by molar-refractivity contribution is -0.138. The van der Waals surface area contributed by atoms with Crippen molar-refractivity contribution in [1.82, 2.24) is 0 Å². The van der Waals surface area contributed by atoms with Gasteiger partial charge in [0.1, 0.15) is 0 Å². The van der Waals surface area contributed by atoms with E-state index in [1.165, 1.54) is 6.42 Å². The highest BCUT2D eigenvalue weighted by atomic mass is 16.4. The first-order chi connectivity index (χ1) is 9.00. The van der Waals surface area contributed by atoms with Crippen LogP contribution in [0.3, 0.4) is 0 Å². The van der Waals surface area contributed by atoms with Crippen molar-refractivity contribution in [1.29, 1.82) is 0 Å². The maximum Gasteiger partial charge on any atom is 0.291 e. The molecule has 1 N–H and O–H groups in total. The van der Waals surface area contributed by atoms with E-state index in [0.29, 0.717) is 6.42 Å². The van der Waals surface area contributed by atoms with E-state index < -0.39 is 21.6 Å². The lowest BCUT2D eigenvalue weighted by atomic mass is 9.17. The van der Waals surface area contributed by atoms with Crippen LogP contribution in [0.4, 0.5) is 0 Å². The zero-order valence-corrected chi connectivity index (χ0v) is 12.3. The van der Waals surface area contributed by atoms with Gasteiger partial charge in [-0.15, -0.1) is 10.4 Å². The topological polar surface area (TPSA) is 37.3 Å². The van der Waals surface area contributed by atoms with Crippen LogP contribution in [0.15, 0.2) is 0 Å². The van der Waals surface area contributed by atoms with Gasteiger partial charge in [0, 0.05) is 0 Å². The zero-order chi connectivity index (χ0) is 16.0. The Kier molecular flexibility index (Phi) is 7.70. The van der Waals surface area contributed by atoms with E-state index in [1.807, 2.05) is 0 Å². The molecule has 0 unspecified atom stereocenters. The lowest BCUT2D eigenvalue weighted by Gasteiger charge is -2.53. The van der Waals surface area contributed by atoms with Crippen molar-refractivity contribution in [2.75, 3.05) is 0 Å². The Morgan fingerprint density at radius 1 is 0.900 bits per heavy atom. The predicted molar refractivity (Wildman–Crippen MR) is 88.2 cm³/mol. The minimum Gasteiger partial charge on any atom is -0.482 e. The van der Waals surface area contributed by atoms with Gasteiger partial charge in [-0.2, -0.15) is 0 Å². The molecule has 0 atom stereocenters. The van der Waals surface area contributed by atoms with Crippen LogP contribution in [-0.2, 0) is 4.79 Å². The third kappa shape index (κ3) is 4.70. The highest BCUT2D eigenvalue weighted by Gasteiger charge is 2.48. The van der Waals surface area contributed by atoms with Gasteiger partial charge in [0.15, 0.2) is 0 Å². The standard InChI is InChI=1S/C12H18B6O2/c1-2-3-4-5-6-7-8-10(13,14)12(17,18)11(15,16)9(19)20/h2-8H2,1H3,(H,19,20). The summed E-state index contributed by atoms with van der Waals surface area (Å²) in [4.78, 5) is 11.0. The molecule has 0 saturated heterocycles. The first kappa shape index (κ1) is 19.9. The van der Waals surface area contributed by atoms with Gasteiger partial charge in [0.05, 0.1) is 47.1 Å². The van der Waals surface area contributed by atoms with Crippen molar-refractivity contribution in [3.05, 3.63) is 0 Å². The summed E-state index contributed by atoms with van der Waals surface area (Å²) in [6.07, 6.45) is 6.39. The van der Waals surface area contributed by atoms with E-state index in [-0.39, 0.29) is 6.42 Å². The largest absolute Gasteiger partial charge is 0.482 e. The molecule has 0 amide bonds. The molecular weight excluding hydrogens is 241 g/mol. The molecule has 0 aromatic carbocycles. The number of carboxylic acid groups (broad SMARTS) is 1. The van der Waals surface area contributed by atoms with E-state index in [1.54, 1.807) is 0 Å². The van der Waals surface area contributed by atoms with Crippen LogP contribution in [0.5, 0.6) is 0 Å². The van der Waals surface area contributed by atoms with E-state index in [2.05, 4.69) is 6.92 Å². The number of unbranched alkanes of at least 4 members (excludes halogenated alkanes) is 5. The molecule has 0 spiro atoms. The maximum atomic E-state index is 11.0. The summed E-state index contributed by atoms with van der Waals surface area (Å²) in [5.41, 5.74) is 0. The molecule has 0 aliphatic carbocycles. The molecule has 0 fully saturated rings. The van der Waals surface area contributed by atoms with Crippen LogP contribution in [-0.4, -0.2) is 58.2 Å². The smallest absolute Gasteiger partial charge is 0.291 e. The summed E-state index contributed by atoms with van der Waals surface area (Å²) in [5.74, 6) is -1.55. The van der Waals surface area contributed by atoms with Crippen molar-refractivity contribution in [3.63, 3.8) is 0 Å². The number of carboxylic acids is 1. The average Bonchev–Trinajstić information content (AvgIpc) is 2.32. The molecule has 8 heteroatoms. The highest BCUT2D eigenvalue weighted by molar-refractivity contribution is 6.65. The predicted octanol–water partition coefficient (Wildman–Crippen LogP) is 1.18. The SMILES string of the molecule is [B]C([B])(CCCCCCCC)C([B])([B])C([B])([B])C(=O)O. The van der Waals surface area contributed by atoms with Gasteiger partial charge in [0.25, 0.3) is 5.97 Å². The van der Waals surface area contributed by atoms with Crippen LogP contribution in [0.2, 0.25) is 15.6 Å². The molecule has 0 aliphatic heterocycles. The fourth-order valence-electron chi connectivity index (χ4n) is 1.97. The molecule has 0 heterocycles. The third-order valence-corrected chi connectivity index (χ3v) is 3.75. The first-order valence-electron chi connectivity index (χ1n) is 6.97. The van der Waals surface area contributed by atoms with Gasteiger partial charge < -0.3 is 5.11 Å². The Morgan fingerprint density at radius 2 is 1.35 bits per heavy atom. The van der Waals surface area contributed by atoms with Crippen LogP contribution in [0.1, 0.15) is 51.9 Å². The molecular formula is C12H18B6O2. The minimum atomic E-state index is -2.40.